The lowest BCUT2D eigenvalue weighted by Gasteiger charge is -2.37. The molecule has 140 valence electrons. The lowest BCUT2D eigenvalue weighted by molar-refractivity contribution is -0.132. The predicted molar refractivity (Wildman–Crippen MR) is 102 cm³/mol. The van der Waals surface area contributed by atoms with E-state index in [1.54, 1.807) is 19.3 Å². The van der Waals surface area contributed by atoms with Crippen LogP contribution in [0.25, 0.3) is 0 Å². The van der Waals surface area contributed by atoms with Gasteiger partial charge in [0.05, 0.1) is 6.67 Å². The van der Waals surface area contributed by atoms with Gasteiger partial charge < -0.3 is 10.2 Å². The van der Waals surface area contributed by atoms with Crippen LogP contribution < -0.4 is 10.2 Å². The maximum Gasteiger partial charge on any atom is 0.326 e. The number of aromatic nitrogens is 1. The number of nitrogens with zero attached hydrogens (tertiary/aromatic N) is 4. The van der Waals surface area contributed by atoms with Crippen molar-refractivity contribution in [3.05, 3.63) is 60.4 Å². The van der Waals surface area contributed by atoms with Gasteiger partial charge in [-0.3, -0.25) is 14.7 Å². The van der Waals surface area contributed by atoms with Crippen molar-refractivity contribution in [2.75, 3.05) is 37.7 Å². The topological polar surface area (TPSA) is 68.8 Å². The predicted octanol–water partition coefficient (Wildman–Crippen LogP) is 1.63. The fraction of sp³-hybridized carbons (Fsp3) is 0.350. The van der Waals surface area contributed by atoms with E-state index in [-0.39, 0.29) is 11.9 Å². The number of rotatable bonds is 4. The second-order valence-electron chi connectivity index (χ2n) is 7.11. The maximum atomic E-state index is 13.0. The van der Waals surface area contributed by atoms with Crippen LogP contribution >= 0.6 is 0 Å². The lowest BCUT2D eigenvalue weighted by atomic mass is 9.92. The standard InChI is InChI=1S/C20H23N5O2/c1-20(16-5-3-2-4-6-16)18(26)25(19(27)22-20)15-23-11-13-24(14-12-23)17-7-9-21-10-8-17/h2-10H,11-15H2,1H3,(H,22,27)/t20-/m0/s1. The van der Waals surface area contributed by atoms with Crippen molar-refractivity contribution in [3.63, 3.8) is 0 Å². The highest BCUT2D eigenvalue weighted by Crippen LogP contribution is 2.28. The number of anilines is 1. The third kappa shape index (κ3) is 3.26. The molecule has 1 aromatic heterocycles. The Labute approximate surface area is 158 Å². The molecule has 0 unspecified atom stereocenters. The molecule has 7 heteroatoms. The van der Waals surface area contributed by atoms with E-state index in [1.165, 1.54) is 4.90 Å². The number of nitrogens with one attached hydrogen (secondary N) is 1. The van der Waals surface area contributed by atoms with Gasteiger partial charge in [0.2, 0.25) is 0 Å². The van der Waals surface area contributed by atoms with Crippen molar-refractivity contribution in [1.82, 2.24) is 20.1 Å². The van der Waals surface area contributed by atoms with Crippen molar-refractivity contribution in [3.8, 4) is 0 Å². The molecule has 1 atom stereocenters. The van der Waals surface area contributed by atoms with Crippen LogP contribution in [-0.4, -0.2) is 59.6 Å². The fourth-order valence-corrected chi connectivity index (χ4v) is 3.69. The molecule has 2 aromatic rings. The van der Waals surface area contributed by atoms with Crippen molar-refractivity contribution in [2.45, 2.75) is 12.5 Å². The average molecular weight is 365 g/mol. The van der Waals surface area contributed by atoms with Gasteiger partial charge in [-0.15, -0.1) is 0 Å². The van der Waals surface area contributed by atoms with Crippen molar-refractivity contribution < 1.29 is 9.59 Å². The largest absolute Gasteiger partial charge is 0.369 e. The molecular weight excluding hydrogens is 342 g/mol. The molecule has 7 nitrogen and oxygen atoms in total. The Balaban J connectivity index is 1.40. The second-order valence-corrected chi connectivity index (χ2v) is 7.11. The molecule has 2 fully saturated rings. The third-order valence-corrected chi connectivity index (χ3v) is 5.37. The van der Waals surface area contributed by atoms with Crippen LogP contribution in [0.15, 0.2) is 54.9 Å². The van der Waals surface area contributed by atoms with Crippen LogP contribution in [0, 0.1) is 0 Å². The van der Waals surface area contributed by atoms with Gasteiger partial charge in [0.25, 0.3) is 5.91 Å². The minimum Gasteiger partial charge on any atom is -0.369 e. The summed E-state index contributed by atoms with van der Waals surface area (Å²) < 4.78 is 0. The minimum atomic E-state index is -1.00. The first-order chi connectivity index (χ1) is 13.1. The summed E-state index contributed by atoms with van der Waals surface area (Å²) in [5, 5.41) is 2.86. The first kappa shape index (κ1) is 17.5. The van der Waals surface area contributed by atoms with Gasteiger partial charge in [0, 0.05) is 44.3 Å². The Kier molecular flexibility index (Phi) is 4.53. The highest BCUT2D eigenvalue weighted by Gasteiger charge is 2.49. The number of hydrogen-bond donors (Lipinski definition) is 1. The maximum absolute atomic E-state index is 13.0. The zero-order valence-electron chi connectivity index (χ0n) is 15.3. The van der Waals surface area contributed by atoms with E-state index < -0.39 is 5.54 Å². The van der Waals surface area contributed by atoms with Crippen molar-refractivity contribution >= 4 is 17.6 Å². The van der Waals surface area contributed by atoms with Crippen molar-refractivity contribution in [1.29, 1.82) is 0 Å². The number of carbonyl (C=O) groups excluding carboxylic acids is 2. The number of benzene rings is 1. The molecule has 27 heavy (non-hydrogen) atoms. The monoisotopic (exact) mass is 365 g/mol. The molecule has 0 radical (unpaired) electrons. The molecule has 2 aliphatic rings. The summed E-state index contributed by atoms with van der Waals surface area (Å²) in [6, 6.07) is 13.1. The number of urea groups is 1. The minimum absolute atomic E-state index is 0.199. The Morgan fingerprint density at radius 3 is 2.33 bits per heavy atom. The Morgan fingerprint density at radius 2 is 1.67 bits per heavy atom. The zero-order valence-corrected chi connectivity index (χ0v) is 15.3. The van der Waals surface area contributed by atoms with Gasteiger partial charge in [-0.1, -0.05) is 30.3 Å². The quantitative estimate of drug-likeness (QED) is 0.834. The zero-order chi connectivity index (χ0) is 18.9. The van der Waals surface area contributed by atoms with Crippen LogP contribution in [0.4, 0.5) is 10.5 Å². The van der Waals surface area contributed by atoms with Crippen LogP contribution in [0.5, 0.6) is 0 Å². The molecule has 4 rings (SSSR count). The van der Waals surface area contributed by atoms with E-state index in [4.69, 9.17) is 0 Å². The van der Waals surface area contributed by atoms with E-state index in [0.717, 1.165) is 37.4 Å². The molecule has 1 aromatic carbocycles. The Bertz CT molecular complexity index is 821. The van der Waals surface area contributed by atoms with E-state index in [9.17, 15) is 9.59 Å². The van der Waals surface area contributed by atoms with Gasteiger partial charge in [-0.25, -0.2) is 9.69 Å². The van der Waals surface area contributed by atoms with Gasteiger partial charge in [0.1, 0.15) is 5.54 Å². The van der Waals surface area contributed by atoms with Crippen LogP contribution in [0.1, 0.15) is 12.5 Å². The van der Waals surface area contributed by atoms with Gasteiger partial charge in [-0.2, -0.15) is 0 Å². The molecule has 0 aliphatic carbocycles. The first-order valence-corrected chi connectivity index (χ1v) is 9.15. The molecule has 1 N–H and O–H groups in total. The molecule has 0 spiro atoms. The van der Waals surface area contributed by atoms with E-state index >= 15 is 0 Å². The number of imide groups is 1. The fourth-order valence-electron chi connectivity index (χ4n) is 3.69. The molecule has 3 heterocycles. The first-order valence-electron chi connectivity index (χ1n) is 9.15. The summed E-state index contributed by atoms with van der Waals surface area (Å²) in [6.45, 7) is 5.37. The lowest BCUT2D eigenvalue weighted by Crippen LogP contribution is -2.51. The van der Waals surface area contributed by atoms with E-state index in [0.29, 0.717) is 6.67 Å². The summed E-state index contributed by atoms with van der Waals surface area (Å²) >= 11 is 0. The number of pyridine rings is 1. The van der Waals surface area contributed by atoms with Crippen molar-refractivity contribution in [2.24, 2.45) is 0 Å². The Hall–Kier alpha value is -2.93. The average Bonchev–Trinajstić information content (AvgIpc) is 2.94. The molecular formula is C20H23N5O2. The normalized spacial score (nSPS) is 23.6. The molecule has 0 bridgehead atoms. The Morgan fingerprint density at radius 1 is 1.00 bits per heavy atom. The van der Waals surface area contributed by atoms with Crippen LogP contribution in [-0.2, 0) is 10.3 Å². The third-order valence-electron chi connectivity index (χ3n) is 5.37. The number of carbonyl (C=O) groups is 2. The number of amides is 3. The highest BCUT2D eigenvalue weighted by atomic mass is 16.2. The number of piperazine rings is 1. The number of hydrogen-bond acceptors (Lipinski definition) is 5. The molecule has 2 saturated heterocycles. The summed E-state index contributed by atoms with van der Waals surface area (Å²) in [5.41, 5.74) is 0.946. The molecule has 3 amide bonds. The molecule has 2 aliphatic heterocycles. The summed E-state index contributed by atoms with van der Waals surface area (Å²) in [4.78, 5) is 35.3. The van der Waals surface area contributed by atoms with E-state index in [1.807, 2.05) is 42.5 Å². The second kappa shape index (κ2) is 7.00. The van der Waals surface area contributed by atoms with Crippen LogP contribution in [0.2, 0.25) is 0 Å². The smallest absolute Gasteiger partial charge is 0.326 e. The van der Waals surface area contributed by atoms with Crippen LogP contribution in [0.3, 0.4) is 0 Å². The van der Waals surface area contributed by atoms with Gasteiger partial charge in [-0.05, 0) is 24.6 Å². The summed E-state index contributed by atoms with van der Waals surface area (Å²) in [7, 11) is 0. The van der Waals surface area contributed by atoms with E-state index in [2.05, 4.69) is 20.1 Å². The summed E-state index contributed by atoms with van der Waals surface area (Å²) in [5.74, 6) is -0.199. The van der Waals surface area contributed by atoms with Gasteiger partial charge >= 0.3 is 6.03 Å². The van der Waals surface area contributed by atoms with Gasteiger partial charge in [0.15, 0.2) is 0 Å². The molecule has 0 saturated carbocycles. The summed E-state index contributed by atoms with van der Waals surface area (Å²) in [6.07, 6.45) is 3.58. The highest BCUT2D eigenvalue weighted by molar-refractivity contribution is 6.07. The SMILES string of the molecule is C[C@@]1(c2ccccc2)NC(=O)N(CN2CCN(c3ccncc3)CC2)C1=O.